The van der Waals surface area contributed by atoms with Crippen LogP contribution in [-0.4, -0.2) is 37.8 Å². The number of methoxy groups -OCH3 is 3. The van der Waals surface area contributed by atoms with Crippen LogP contribution in [0.5, 0.6) is 17.2 Å². The van der Waals surface area contributed by atoms with E-state index in [0.717, 1.165) is 30.9 Å². The van der Waals surface area contributed by atoms with Gasteiger partial charge in [-0.3, -0.25) is 0 Å². The lowest BCUT2D eigenvalue weighted by Crippen LogP contribution is -2.06. The standard InChI is InChI=1S/C22H26N4O3/c1-27-18-12-17(13-19(28-2)22(18)29-3)26-21-14-20(24-15-25-21)23-11-7-10-16-8-5-4-6-9-16/h4-6,8-9,12-15H,7,10-11H2,1-3H3,(H2,23,24,25,26). The fraction of sp³-hybridized carbons (Fsp3) is 0.273. The Labute approximate surface area is 171 Å². The van der Waals surface area contributed by atoms with Crippen molar-refractivity contribution in [3.63, 3.8) is 0 Å². The maximum atomic E-state index is 5.39. The van der Waals surface area contributed by atoms with Crippen LogP contribution in [0.1, 0.15) is 12.0 Å². The van der Waals surface area contributed by atoms with Gasteiger partial charge in [0.05, 0.1) is 21.3 Å². The number of anilines is 3. The predicted molar refractivity (Wildman–Crippen MR) is 115 cm³/mol. The molecule has 2 N–H and O–H groups in total. The number of hydrogen-bond acceptors (Lipinski definition) is 7. The number of aromatic nitrogens is 2. The Morgan fingerprint density at radius 3 is 2.17 bits per heavy atom. The number of nitrogens with zero attached hydrogens (tertiary/aromatic N) is 2. The summed E-state index contributed by atoms with van der Waals surface area (Å²) in [4.78, 5) is 8.58. The van der Waals surface area contributed by atoms with Crippen molar-refractivity contribution < 1.29 is 14.2 Å². The SMILES string of the molecule is COc1cc(Nc2cc(NCCCc3ccccc3)ncn2)cc(OC)c1OC. The van der Waals surface area contributed by atoms with E-state index in [4.69, 9.17) is 14.2 Å². The lowest BCUT2D eigenvalue weighted by atomic mass is 10.1. The Morgan fingerprint density at radius 1 is 0.828 bits per heavy atom. The Morgan fingerprint density at radius 2 is 1.52 bits per heavy atom. The van der Waals surface area contributed by atoms with Crippen LogP contribution in [0.2, 0.25) is 0 Å². The first-order valence-electron chi connectivity index (χ1n) is 9.40. The molecular formula is C22H26N4O3. The number of ether oxygens (including phenoxy) is 3. The number of hydrogen-bond donors (Lipinski definition) is 2. The highest BCUT2D eigenvalue weighted by atomic mass is 16.5. The van der Waals surface area contributed by atoms with Crippen LogP contribution in [0, 0.1) is 0 Å². The summed E-state index contributed by atoms with van der Waals surface area (Å²) in [7, 11) is 4.75. The summed E-state index contributed by atoms with van der Waals surface area (Å²) < 4.78 is 16.1. The molecule has 7 nitrogen and oxygen atoms in total. The van der Waals surface area contributed by atoms with Crippen molar-refractivity contribution >= 4 is 17.3 Å². The van der Waals surface area contributed by atoms with E-state index in [-0.39, 0.29) is 0 Å². The van der Waals surface area contributed by atoms with Crippen LogP contribution in [0.3, 0.4) is 0 Å². The molecule has 0 radical (unpaired) electrons. The molecule has 0 unspecified atom stereocenters. The minimum Gasteiger partial charge on any atom is -0.493 e. The zero-order valence-corrected chi connectivity index (χ0v) is 16.9. The summed E-state index contributed by atoms with van der Waals surface area (Å²) >= 11 is 0. The summed E-state index contributed by atoms with van der Waals surface area (Å²) in [5, 5.41) is 6.60. The van der Waals surface area contributed by atoms with Gasteiger partial charge in [0.2, 0.25) is 5.75 Å². The second-order valence-electron chi connectivity index (χ2n) is 6.34. The van der Waals surface area contributed by atoms with E-state index in [1.807, 2.05) is 24.3 Å². The number of nitrogens with one attached hydrogen (secondary N) is 2. The molecule has 1 heterocycles. The van der Waals surface area contributed by atoms with E-state index in [1.54, 1.807) is 21.3 Å². The molecule has 2 aromatic carbocycles. The van der Waals surface area contributed by atoms with Gasteiger partial charge in [-0.15, -0.1) is 0 Å². The molecule has 0 saturated heterocycles. The van der Waals surface area contributed by atoms with E-state index in [2.05, 4.69) is 44.9 Å². The first kappa shape index (κ1) is 20.3. The van der Waals surface area contributed by atoms with Crippen LogP contribution in [0.25, 0.3) is 0 Å². The van der Waals surface area contributed by atoms with Crippen LogP contribution in [0.15, 0.2) is 54.9 Å². The summed E-state index contributed by atoms with van der Waals surface area (Å²) in [6.45, 7) is 0.829. The molecule has 29 heavy (non-hydrogen) atoms. The van der Waals surface area contributed by atoms with Gasteiger partial charge in [-0.1, -0.05) is 30.3 Å². The molecule has 1 aromatic heterocycles. The molecule has 0 spiro atoms. The highest BCUT2D eigenvalue weighted by molar-refractivity contribution is 5.67. The highest BCUT2D eigenvalue weighted by Gasteiger charge is 2.13. The van der Waals surface area contributed by atoms with E-state index >= 15 is 0 Å². The van der Waals surface area contributed by atoms with Gasteiger partial charge in [0, 0.05) is 30.4 Å². The van der Waals surface area contributed by atoms with Gasteiger partial charge in [-0.05, 0) is 18.4 Å². The molecular weight excluding hydrogens is 368 g/mol. The largest absolute Gasteiger partial charge is 0.493 e. The van der Waals surface area contributed by atoms with E-state index in [9.17, 15) is 0 Å². The van der Waals surface area contributed by atoms with Gasteiger partial charge in [-0.25, -0.2) is 9.97 Å². The third-order valence-electron chi connectivity index (χ3n) is 4.40. The van der Waals surface area contributed by atoms with Crippen molar-refractivity contribution in [1.29, 1.82) is 0 Å². The Balaban J connectivity index is 1.62. The van der Waals surface area contributed by atoms with Crippen LogP contribution >= 0.6 is 0 Å². The second kappa shape index (κ2) is 10.2. The van der Waals surface area contributed by atoms with Crippen molar-refractivity contribution in [3.8, 4) is 17.2 Å². The lowest BCUT2D eigenvalue weighted by molar-refractivity contribution is 0.324. The molecule has 0 bridgehead atoms. The van der Waals surface area contributed by atoms with Crippen molar-refractivity contribution in [3.05, 3.63) is 60.4 Å². The normalized spacial score (nSPS) is 10.3. The number of aryl methyl sites for hydroxylation is 1. The maximum absolute atomic E-state index is 5.39. The highest BCUT2D eigenvalue weighted by Crippen LogP contribution is 2.40. The van der Waals surface area contributed by atoms with Crippen molar-refractivity contribution in [2.24, 2.45) is 0 Å². The fourth-order valence-electron chi connectivity index (χ4n) is 2.98. The first-order valence-corrected chi connectivity index (χ1v) is 9.40. The summed E-state index contributed by atoms with van der Waals surface area (Å²) in [6, 6.07) is 16.0. The average molecular weight is 394 g/mol. The fourth-order valence-corrected chi connectivity index (χ4v) is 2.98. The van der Waals surface area contributed by atoms with Crippen molar-refractivity contribution in [1.82, 2.24) is 9.97 Å². The quantitative estimate of drug-likeness (QED) is 0.497. The third-order valence-corrected chi connectivity index (χ3v) is 4.40. The van der Waals surface area contributed by atoms with Crippen molar-refractivity contribution in [2.45, 2.75) is 12.8 Å². The van der Waals surface area contributed by atoms with Gasteiger partial charge >= 0.3 is 0 Å². The smallest absolute Gasteiger partial charge is 0.203 e. The predicted octanol–water partition coefficient (Wildman–Crippen LogP) is 4.29. The molecule has 0 saturated carbocycles. The zero-order valence-electron chi connectivity index (χ0n) is 16.9. The van der Waals surface area contributed by atoms with E-state index in [0.29, 0.717) is 23.1 Å². The van der Waals surface area contributed by atoms with E-state index < -0.39 is 0 Å². The van der Waals surface area contributed by atoms with Crippen LogP contribution < -0.4 is 24.8 Å². The van der Waals surface area contributed by atoms with Crippen LogP contribution in [-0.2, 0) is 6.42 Å². The number of rotatable bonds is 10. The molecule has 7 heteroatoms. The van der Waals surface area contributed by atoms with Gasteiger partial charge in [0.25, 0.3) is 0 Å². The topological polar surface area (TPSA) is 77.5 Å². The summed E-state index contributed by atoms with van der Waals surface area (Å²) in [5.41, 5.74) is 2.11. The minimum absolute atomic E-state index is 0.545. The second-order valence-corrected chi connectivity index (χ2v) is 6.34. The van der Waals surface area contributed by atoms with Gasteiger partial charge in [0.15, 0.2) is 11.5 Å². The molecule has 0 aliphatic carbocycles. The molecule has 3 aromatic rings. The number of benzene rings is 2. The summed E-state index contributed by atoms with van der Waals surface area (Å²) in [5.74, 6) is 3.12. The molecule has 0 atom stereocenters. The molecule has 0 aliphatic rings. The first-order chi connectivity index (χ1) is 14.2. The molecule has 152 valence electrons. The van der Waals surface area contributed by atoms with Gasteiger partial charge < -0.3 is 24.8 Å². The Bertz CT molecular complexity index is 894. The Kier molecular flexibility index (Phi) is 7.10. The van der Waals surface area contributed by atoms with Gasteiger partial charge in [0.1, 0.15) is 18.0 Å². The zero-order chi connectivity index (χ0) is 20.5. The minimum atomic E-state index is 0.545. The molecule has 0 fully saturated rings. The average Bonchev–Trinajstić information content (AvgIpc) is 2.77. The molecule has 3 rings (SSSR count). The van der Waals surface area contributed by atoms with Crippen molar-refractivity contribution in [2.75, 3.05) is 38.5 Å². The molecule has 0 amide bonds. The summed E-state index contributed by atoms with van der Waals surface area (Å²) in [6.07, 6.45) is 3.57. The van der Waals surface area contributed by atoms with E-state index in [1.165, 1.54) is 11.9 Å². The monoisotopic (exact) mass is 394 g/mol. The van der Waals surface area contributed by atoms with Crippen LogP contribution in [0.4, 0.5) is 17.3 Å². The lowest BCUT2D eigenvalue weighted by Gasteiger charge is -2.15. The third kappa shape index (κ3) is 5.51. The molecule has 0 aliphatic heterocycles. The Hall–Kier alpha value is -3.48. The van der Waals surface area contributed by atoms with Gasteiger partial charge in [-0.2, -0.15) is 0 Å². The maximum Gasteiger partial charge on any atom is 0.203 e.